The number of hydrogen-bond acceptors (Lipinski definition) is 5. The van der Waals surface area contributed by atoms with Crippen LogP contribution in [0.5, 0.6) is 5.75 Å². The molecule has 10 heteroatoms. The molecule has 3 rings (SSSR count). The number of benzene rings is 1. The van der Waals surface area contributed by atoms with Gasteiger partial charge in [-0.3, -0.25) is 4.98 Å². The molecule has 0 saturated heterocycles. The number of aromatic nitrogens is 1. The Morgan fingerprint density at radius 3 is 2.72 bits per heavy atom. The van der Waals surface area contributed by atoms with Crippen LogP contribution in [0.25, 0.3) is 0 Å². The second-order valence-corrected chi connectivity index (χ2v) is 6.61. The molecule has 0 spiro atoms. The van der Waals surface area contributed by atoms with E-state index >= 15 is 0 Å². The van der Waals surface area contributed by atoms with Gasteiger partial charge in [0.25, 0.3) is 6.02 Å². The maximum absolute atomic E-state index is 14.6. The van der Waals surface area contributed by atoms with Crippen LogP contribution in [0.15, 0.2) is 41.5 Å². The van der Waals surface area contributed by atoms with Crippen molar-refractivity contribution < 1.29 is 31.4 Å². The minimum absolute atomic E-state index is 0.193. The number of ether oxygens (including phenoxy) is 2. The largest absolute Gasteiger partial charge is 0.495 e. The molecule has 0 fully saturated rings. The molecule has 1 aliphatic heterocycles. The van der Waals surface area contributed by atoms with E-state index in [0.29, 0.717) is 17.0 Å². The lowest BCUT2D eigenvalue weighted by atomic mass is 9.83. The number of aliphatic imine (C=N–C) groups is 1. The first kappa shape index (κ1) is 20.8. The summed E-state index contributed by atoms with van der Waals surface area (Å²) < 4.78 is 77.9. The minimum atomic E-state index is -4.81. The van der Waals surface area contributed by atoms with Crippen molar-refractivity contribution in [3.63, 3.8) is 0 Å². The van der Waals surface area contributed by atoms with Crippen LogP contribution in [0.2, 0.25) is 0 Å². The molecule has 0 saturated carbocycles. The van der Waals surface area contributed by atoms with Crippen LogP contribution >= 0.6 is 0 Å². The van der Waals surface area contributed by atoms with Gasteiger partial charge in [0.1, 0.15) is 23.8 Å². The number of alkyl halides is 4. The van der Waals surface area contributed by atoms with Crippen LogP contribution < -0.4 is 10.5 Å². The van der Waals surface area contributed by atoms with Crippen LogP contribution in [-0.4, -0.2) is 37.1 Å². The van der Waals surface area contributed by atoms with E-state index in [1.807, 2.05) is 0 Å². The summed E-state index contributed by atoms with van der Waals surface area (Å²) in [6.45, 7) is -1.38. The number of hydrogen-bond donors (Lipinski definition) is 1. The normalized spacial score (nSPS) is 22.0. The fourth-order valence-corrected chi connectivity index (χ4v) is 3.26. The van der Waals surface area contributed by atoms with E-state index in [0.717, 1.165) is 6.07 Å². The van der Waals surface area contributed by atoms with Gasteiger partial charge in [-0.25, -0.2) is 13.8 Å². The molecule has 1 aromatic carbocycles. The molecule has 0 radical (unpaired) electrons. The summed E-state index contributed by atoms with van der Waals surface area (Å²) in [6, 6.07) is 6.29. The molecule has 1 aliphatic rings. The number of amidine groups is 1. The number of pyridine rings is 1. The predicted molar refractivity (Wildman–Crippen MR) is 94.8 cm³/mol. The summed E-state index contributed by atoms with van der Waals surface area (Å²) >= 11 is 0. The highest BCUT2D eigenvalue weighted by atomic mass is 19.4. The molecule has 0 bridgehead atoms. The van der Waals surface area contributed by atoms with Gasteiger partial charge in [0.2, 0.25) is 0 Å². The van der Waals surface area contributed by atoms with Crippen molar-refractivity contribution in [3.05, 3.63) is 59.2 Å². The molecule has 0 unspecified atom stereocenters. The van der Waals surface area contributed by atoms with E-state index in [4.69, 9.17) is 10.5 Å². The Morgan fingerprint density at radius 1 is 1.31 bits per heavy atom. The lowest BCUT2D eigenvalue weighted by molar-refractivity contribution is -0.209. The Labute approximate surface area is 163 Å². The highest BCUT2D eigenvalue weighted by Crippen LogP contribution is 2.41. The topological polar surface area (TPSA) is 69.7 Å². The van der Waals surface area contributed by atoms with Gasteiger partial charge in [-0.1, -0.05) is 6.07 Å². The Balaban J connectivity index is 2.03. The van der Waals surface area contributed by atoms with Crippen LogP contribution in [-0.2, 0) is 16.7 Å². The Morgan fingerprint density at radius 2 is 2.07 bits per heavy atom. The van der Waals surface area contributed by atoms with E-state index < -0.39 is 42.8 Å². The fraction of sp³-hybridized carbons (Fsp3) is 0.368. The van der Waals surface area contributed by atoms with Crippen molar-refractivity contribution in [2.75, 3.05) is 13.8 Å². The second kappa shape index (κ2) is 7.84. The average Bonchev–Trinajstić information content (AvgIpc) is 2.68. The zero-order valence-corrected chi connectivity index (χ0v) is 15.3. The molecule has 0 amide bonds. The third kappa shape index (κ3) is 4.25. The van der Waals surface area contributed by atoms with Crippen molar-refractivity contribution >= 4 is 6.02 Å². The zero-order chi connectivity index (χ0) is 21.2. The SMILES string of the molecule is COc1cccnc1Cc1ccc(F)c([C@]2(CF)C[C@@H](C(F)(F)F)OC(N)=N2)c1. The summed E-state index contributed by atoms with van der Waals surface area (Å²) in [7, 11) is 1.46. The molecule has 2 heterocycles. The second-order valence-electron chi connectivity index (χ2n) is 6.61. The molecule has 5 nitrogen and oxygen atoms in total. The molecule has 156 valence electrons. The fourth-order valence-electron chi connectivity index (χ4n) is 3.26. The molecule has 2 atom stereocenters. The molecule has 0 aliphatic carbocycles. The maximum Gasteiger partial charge on any atom is 0.425 e. The Kier molecular flexibility index (Phi) is 5.63. The van der Waals surface area contributed by atoms with E-state index in [1.165, 1.54) is 19.2 Å². The van der Waals surface area contributed by atoms with Gasteiger partial charge in [-0.2, -0.15) is 13.2 Å². The quantitative estimate of drug-likeness (QED) is 0.757. The van der Waals surface area contributed by atoms with Crippen molar-refractivity contribution in [3.8, 4) is 5.75 Å². The van der Waals surface area contributed by atoms with Gasteiger partial charge in [0, 0.05) is 24.6 Å². The average molecular weight is 415 g/mol. The van der Waals surface area contributed by atoms with Gasteiger partial charge in [-0.05, 0) is 29.8 Å². The van der Waals surface area contributed by atoms with E-state index in [-0.39, 0.29) is 12.0 Å². The van der Waals surface area contributed by atoms with Crippen molar-refractivity contribution in [2.24, 2.45) is 10.7 Å². The van der Waals surface area contributed by atoms with Crippen molar-refractivity contribution in [1.82, 2.24) is 4.98 Å². The number of halogens is 5. The molecule has 1 aromatic heterocycles. The van der Waals surface area contributed by atoms with Crippen LogP contribution in [0, 0.1) is 5.82 Å². The standard InChI is InChI=1S/C19H18F5N3O2/c1-28-15-3-2-6-26-14(15)8-11-4-5-13(21)12(7-11)18(10-20)9-16(19(22,23)24)29-17(25)27-18/h2-7,16H,8-10H2,1H3,(H2,25,27)/t16-,18+/m0/s1. The summed E-state index contributed by atoms with van der Waals surface area (Å²) in [4.78, 5) is 7.92. The summed E-state index contributed by atoms with van der Waals surface area (Å²) in [5.74, 6) is -0.400. The number of rotatable bonds is 5. The first-order valence-electron chi connectivity index (χ1n) is 8.60. The van der Waals surface area contributed by atoms with Gasteiger partial charge in [0.15, 0.2) is 6.10 Å². The molecular weight excluding hydrogens is 397 g/mol. The maximum atomic E-state index is 14.6. The van der Waals surface area contributed by atoms with Crippen LogP contribution in [0.1, 0.15) is 23.2 Å². The van der Waals surface area contributed by atoms with Crippen LogP contribution in [0.3, 0.4) is 0 Å². The smallest absolute Gasteiger partial charge is 0.425 e. The molecule has 29 heavy (non-hydrogen) atoms. The first-order valence-corrected chi connectivity index (χ1v) is 8.60. The minimum Gasteiger partial charge on any atom is -0.495 e. The summed E-state index contributed by atoms with van der Waals surface area (Å²) in [5, 5.41) is 0. The van der Waals surface area contributed by atoms with Gasteiger partial charge in [-0.15, -0.1) is 0 Å². The highest BCUT2D eigenvalue weighted by Gasteiger charge is 2.52. The monoisotopic (exact) mass is 415 g/mol. The van der Waals surface area contributed by atoms with Gasteiger partial charge in [0.05, 0.1) is 12.8 Å². The summed E-state index contributed by atoms with van der Waals surface area (Å²) in [5.41, 5.74) is 3.93. The van der Waals surface area contributed by atoms with Gasteiger partial charge < -0.3 is 15.2 Å². The highest BCUT2D eigenvalue weighted by molar-refractivity contribution is 5.73. The van der Waals surface area contributed by atoms with E-state index in [1.54, 1.807) is 18.3 Å². The first-order chi connectivity index (χ1) is 13.7. The number of nitrogens with zero attached hydrogens (tertiary/aromatic N) is 2. The van der Waals surface area contributed by atoms with E-state index in [2.05, 4.69) is 14.7 Å². The van der Waals surface area contributed by atoms with Crippen molar-refractivity contribution in [1.29, 1.82) is 0 Å². The van der Waals surface area contributed by atoms with Crippen molar-refractivity contribution in [2.45, 2.75) is 30.7 Å². The molecule has 2 N–H and O–H groups in total. The Hall–Kier alpha value is -2.91. The lowest BCUT2D eigenvalue weighted by Crippen LogP contribution is -2.48. The van der Waals surface area contributed by atoms with Crippen LogP contribution in [0.4, 0.5) is 22.0 Å². The molecular formula is C19H18F5N3O2. The van der Waals surface area contributed by atoms with E-state index in [9.17, 15) is 22.0 Å². The predicted octanol–water partition coefficient (Wildman–Crippen LogP) is 3.65. The van der Waals surface area contributed by atoms with Gasteiger partial charge >= 0.3 is 6.18 Å². The third-order valence-electron chi connectivity index (χ3n) is 4.67. The number of nitrogens with two attached hydrogens (primary N) is 1. The lowest BCUT2D eigenvalue weighted by Gasteiger charge is -2.36. The summed E-state index contributed by atoms with van der Waals surface area (Å²) in [6.07, 6.45) is -6.40. The Bertz CT molecular complexity index is 919. The molecule has 2 aromatic rings. The number of methoxy groups -OCH3 is 1. The third-order valence-corrected chi connectivity index (χ3v) is 4.67. The zero-order valence-electron chi connectivity index (χ0n) is 15.3.